The summed E-state index contributed by atoms with van der Waals surface area (Å²) >= 11 is 1.46. The number of nitrogens with one attached hydrogen (secondary N) is 1. The van der Waals surface area contributed by atoms with Crippen LogP contribution < -0.4 is 5.32 Å². The molecule has 1 amide bonds. The fourth-order valence-electron chi connectivity index (χ4n) is 2.21. The SMILES string of the molecule is CCC(Sc1ccc2ccccc2n1)C(=O)Nc1cc(C)on1. The van der Waals surface area contributed by atoms with Crippen molar-refractivity contribution in [2.75, 3.05) is 5.32 Å². The number of anilines is 1. The lowest BCUT2D eigenvalue weighted by atomic mass is 10.2. The van der Waals surface area contributed by atoms with Crippen LogP contribution >= 0.6 is 11.8 Å². The standard InChI is InChI=1S/C17H17N3O2S/c1-3-14(17(21)19-15-10-11(2)22-20-15)23-16-9-8-12-6-4-5-7-13(12)18-16/h4-10,14H,3H2,1-2H3,(H,19,20,21). The summed E-state index contributed by atoms with van der Waals surface area (Å²) in [6, 6.07) is 13.6. The van der Waals surface area contributed by atoms with E-state index in [-0.39, 0.29) is 11.2 Å². The summed E-state index contributed by atoms with van der Waals surface area (Å²) in [7, 11) is 0. The zero-order chi connectivity index (χ0) is 16.2. The molecule has 0 saturated heterocycles. The number of pyridine rings is 1. The Morgan fingerprint density at radius 2 is 2.13 bits per heavy atom. The Balaban J connectivity index is 1.73. The number of carbonyl (C=O) groups excluding carboxylic acids is 1. The Morgan fingerprint density at radius 1 is 1.30 bits per heavy atom. The lowest BCUT2D eigenvalue weighted by Crippen LogP contribution is -2.24. The van der Waals surface area contributed by atoms with Crippen molar-refractivity contribution in [3.63, 3.8) is 0 Å². The maximum absolute atomic E-state index is 12.4. The summed E-state index contributed by atoms with van der Waals surface area (Å²) < 4.78 is 4.96. The number of hydrogen-bond donors (Lipinski definition) is 1. The highest BCUT2D eigenvalue weighted by molar-refractivity contribution is 8.00. The third-order valence-electron chi connectivity index (χ3n) is 3.38. The van der Waals surface area contributed by atoms with Crippen LogP contribution in [0.25, 0.3) is 10.9 Å². The minimum absolute atomic E-state index is 0.0965. The van der Waals surface area contributed by atoms with Gasteiger partial charge in [-0.3, -0.25) is 4.79 Å². The van der Waals surface area contributed by atoms with Crippen LogP contribution in [0.15, 0.2) is 52.0 Å². The first-order valence-corrected chi connectivity index (χ1v) is 8.30. The number of para-hydroxylation sites is 1. The number of rotatable bonds is 5. The predicted molar refractivity (Wildman–Crippen MR) is 91.5 cm³/mol. The second kappa shape index (κ2) is 6.83. The summed E-state index contributed by atoms with van der Waals surface area (Å²) in [5, 5.41) is 8.26. The zero-order valence-electron chi connectivity index (χ0n) is 12.9. The number of hydrogen-bond acceptors (Lipinski definition) is 5. The van der Waals surface area contributed by atoms with Gasteiger partial charge in [0, 0.05) is 11.5 Å². The third kappa shape index (κ3) is 3.71. The fourth-order valence-corrected chi connectivity index (χ4v) is 3.13. The van der Waals surface area contributed by atoms with Crippen molar-refractivity contribution in [1.82, 2.24) is 10.1 Å². The maximum Gasteiger partial charge on any atom is 0.239 e. The molecular formula is C17H17N3O2S. The first-order valence-electron chi connectivity index (χ1n) is 7.42. The summed E-state index contributed by atoms with van der Waals surface area (Å²) in [5.41, 5.74) is 0.930. The second-order valence-electron chi connectivity index (χ2n) is 5.17. The van der Waals surface area contributed by atoms with Crippen LogP contribution in [0.3, 0.4) is 0 Å². The van der Waals surface area contributed by atoms with E-state index in [9.17, 15) is 4.79 Å². The van der Waals surface area contributed by atoms with Crippen LogP contribution in [0, 0.1) is 6.92 Å². The van der Waals surface area contributed by atoms with Gasteiger partial charge >= 0.3 is 0 Å². The number of carbonyl (C=O) groups is 1. The van der Waals surface area contributed by atoms with Crippen molar-refractivity contribution in [2.24, 2.45) is 0 Å². The van der Waals surface area contributed by atoms with Gasteiger partial charge in [-0.1, -0.05) is 48.1 Å². The molecule has 0 aliphatic heterocycles. The van der Waals surface area contributed by atoms with Crippen molar-refractivity contribution < 1.29 is 9.32 Å². The number of thioether (sulfide) groups is 1. The fraction of sp³-hybridized carbons (Fsp3) is 0.235. The molecular weight excluding hydrogens is 310 g/mol. The second-order valence-corrected chi connectivity index (χ2v) is 6.39. The maximum atomic E-state index is 12.4. The highest BCUT2D eigenvalue weighted by atomic mass is 32.2. The summed E-state index contributed by atoms with van der Waals surface area (Å²) in [4.78, 5) is 17.0. The van der Waals surface area contributed by atoms with E-state index in [4.69, 9.17) is 4.52 Å². The number of aryl methyl sites for hydroxylation is 1. The third-order valence-corrected chi connectivity index (χ3v) is 4.68. The van der Waals surface area contributed by atoms with Crippen molar-refractivity contribution in [3.05, 3.63) is 48.2 Å². The van der Waals surface area contributed by atoms with Crippen LogP contribution in [-0.2, 0) is 4.79 Å². The molecule has 6 heteroatoms. The van der Waals surface area contributed by atoms with Gasteiger partial charge in [0.15, 0.2) is 5.82 Å². The van der Waals surface area contributed by atoms with E-state index in [1.165, 1.54) is 11.8 Å². The Labute approximate surface area is 138 Å². The largest absolute Gasteiger partial charge is 0.360 e. The van der Waals surface area contributed by atoms with Gasteiger partial charge in [-0.15, -0.1) is 0 Å². The summed E-state index contributed by atoms with van der Waals surface area (Å²) in [5.74, 6) is 1.01. The lowest BCUT2D eigenvalue weighted by Gasteiger charge is -2.13. The van der Waals surface area contributed by atoms with Gasteiger partial charge in [0.05, 0.1) is 15.8 Å². The number of fused-ring (bicyclic) bond motifs is 1. The molecule has 3 rings (SSSR count). The van der Waals surface area contributed by atoms with Crippen molar-refractivity contribution in [1.29, 1.82) is 0 Å². The highest BCUT2D eigenvalue weighted by Crippen LogP contribution is 2.26. The molecule has 1 atom stereocenters. The van der Waals surface area contributed by atoms with Gasteiger partial charge in [0.25, 0.3) is 0 Å². The predicted octanol–water partition coefficient (Wildman–Crippen LogP) is 4.04. The minimum Gasteiger partial charge on any atom is -0.360 e. The normalized spacial score (nSPS) is 12.3. The van der Waals surface area contributed by atoms with Gasteiger partial charge in [-0.2, -0.15) is 0 Å². The van der Waals surface area contributed by atoms with E-state index in [0.717, 1.165) is 15.9 Å². The Morgan fingerprint density at radius 3 is 2.87 bits per heavy atom. The molecule has 5 nitrogen and oxygen atoms in total. The molecule has 2 heterocycles. The Bertz CT molecular complexity index is 831. The van der Waals surface area contributed by atoms with Crippen LogP contribution in [0.4, 0.5) is 5.82 Å². The molecule has 2 aromatic heterocycles. The van der Waals surface area contributed by atoms with Gasteiger partial charge in [-0.05, 0) is 25.5 Å². The van der Waals surface area contributed by atoms with Crippen LogP contribution in [0.2, 0.25) is 0 Å². The number of benzene rings is 1. The quantitative estimate of drug-likeness (QED) is 0.716. The summed E-state index contributed by atoms with van der Waals surface area (Å²) in [6.45, 7) is 3.76. The van der Waals surface area contributed by atoms with E-state index in [1.54, 1.807) is 13.0 Å². The van der Waals surface area contributed by atoms with Crippen molar-refractivity contribution in [2.45, 2.75) is 30.5 Å². The molecule has 23 heavy (non-hydrogen) atoms. The van der Waals surface area contributed by atoms with Crippen LogP contribution in [0.5, 0.6) is 0 Å². The average molecular weight is 327 g/mol. The molecule has 0 aliphatic carbocycles. The molecule has 1 N–H and O–H groups in total. The molecule has 0 bridgehead atoms. The first kappa shape index (κ1) is 15.6. The van der Waals surface area contributed by atoms with E-state index in [0.29, 0.717) is 18.0 Å². The van der Waals surface area contributed by atoms with E-state index in [1.807, 2.05) is 43.3 Å². The molecule has 118 valence electrons. The molecule has 3 aromatic rings. The molecule has 0 aliphatic rings. The number of amides is 1. The lowest BCUT2D eigenvalue weighted by molar-refractivity contribution is -0.115. The monoisotopic (exact) mass is 327 g/mol. The highest BCUT2D eigenvalue weighted by Gasteiger charge is 2.20. The average Bonchev–Trinajstić information content (AvgIpc) is 2.97. The number of aromatic nitrogens is 2. The smallest absolute Gasteiger partial charge is 0.239 e. The molecule has 1 aromatic carbocycles. The molecule has 0 fully saturated rings. The minimum atomic E-state index is -0.235. The van der Waals surface area contributed by atoms with Gasteiger partial charge in [0.1, 0.15) is 5.76 Å². The van der Waals surface area contributed by atoms with E-state index < -0.39 is 0 Å². The van der Waals surface area contributed by atoms with Crippen molar-refractivity contribution in [3.8, 4) is 0 Å². The van der Waals surface area contributed by atoms with Crippen LogP contribution in [0.1, 0.15) is 19.1 Å². The zero-order valence-corrected chi connectivity index (χ0v) is 13.8. The Kier molecular flexibility index (Phi) is 4.62. The van der Waals surface area contributed by atoms with Crippen LogP contribution in [-0.4, -0.2) is 21.3 Å². The molecule has 0 radical (unpaired) electrons. The van der Waals surface area contributed by atoms with E-state index in [2.05, 4.69) is 15.5 Å². The van der Waals surface area contributed by atoms with Crippen molar-refractivity contribution >= 4 is 34.4 Å². The van der Waals surface area contributed by atoms with E-state index >= 15 is 0 Å². The molecule has 0 spiro atoms. The first-order chi connectivity index (χ1) is 11.2. The van der Waals surface area contributed by atoms with Gasteiger partial charge < -0.3 is 9.84 Å². The van der Waals surface area contributed by atoms with Gasteiger partial charge in [0.2, 0.25) is 5.91 Å². The Hall–Kier alpha value is -2.34. The van der Waals surface area contributed by atoms with Gasteiger partial charge in [-0.25, -0.2) is 4.98 Å². The topological polar surface area (TPSA) is 68.0 Å². The number of nitrogens with zero attached hydrogens (tertiary/aromatic N) is 2. The molecule has 0 saturated carbocycles. The summed E-state index contributed by atoms with van der Waals surface area (Å²) in [6.07, 6.45) is 0.696. The molecule has 1 unspecified atom stereocenters.